The van der Waals surface area contributed by atoms with Crippen molar-refractivity contribution in [2.75, 3.05) is 5.32 Å². The number of carbonyl (C=O) groups is 1. The second kappa shape index (κ2) is 5.35. The van der Waals surface area contributed by atoms with E-state index in [9.17, 15) is 4.79 Å². The molecule has 0 unspecified atom stereocenters. The van der Waals surface area contributed by atoms with Gasteiger partial charge in [-0.3, -0.25) is 4.79 Å². The minimum absolute atomic E-state index is 0. The molecule has 0 saturated heterocycles. The van der Waals surface area contributed by atoms with Crippen molar-refractivity contribution in [3.8, 4) is 0 Å². The first kappa shape index (κ1) is 10.7. The fraction of sp³-hybridized carbons (Fsp3) is 0.125. The van der Waals surface area contributed by atoms with E-state index in [-0.39, 0.29) is 35.5 Å². The predicted octanol–water partition coefficient (Wildman–Crippen LogP) is 0.996. The fourth-order valence-electron chi connectivity index (χ4n) is 0.725. The molecule has 0 atom stereocenters. The van der Waals surface area contributed by atoms with E-state index in [2.05, 4.69) is 5.32 Å². The standard InChI is InChI=1S/C8H9NO.Na.H/c1-7(10)9-8-5-3-2-4-6-8;;/h2-6H,1H3,(H,9,10);;. The molecule has 1 aromatic carbocycles. The van der Waals surface area contributed by atoms with Gasteiger partial charge in [-0.25, -0.2) is 0 Å². The molecule has 2 nitrogen and oxygen atoms in total. The van der Waals surface area contributed by atoms with Gasteiger partial charge in [0.05, 0.1) is 0 Å². The molecule has 0 radical (unpaired) electrons. The molecule has 11 heavy (non-hydrogen) atoms. The molecule has 0 aliphatic carbocycles. The number of hydrogen-bond donors (Lipinski definition) is 1. The average molecular weight is 159 g/mol. The Bertz CT molecular complexity index is 223. The topological polar surface area (TPSA) is 29.1 Å². The summed E-state index contributed by atoms with van der Waals surface area (Å²) in [6.45, 7) is 1.49. The summed E-state index contributed by atoms with van der Waals surface area (Å²) in [4.78, 5) is 10.5. The van der Waals surface area contributed by atoms with Crippen LogP contribution in [0.25, 0.3) is 0 Å². The van der Waals surface area contributed by atoms with Gasteiger partial charge in [-0.2, -0.15) is 0 Å². The van der Waals surface area contributed by atoms with E-state index in [1.165, 1.54) is 6.92 Å². The van der Waals surface area contributed by atoms with Crippen LogP contribution in [-0.4, -0.2) is 35.5 Å². The van der Waals surface area contributed by atoms with E-state index in [0.29, 0.717) is 0 Å². The van der Waals surface area contributed by atoms with Crippen LogP contribution in [0.5, 0.6) is 0 Å². The van der Waals surface area contributed by atoms with Crippen LogP contribution < -0.4 is 5.32 Å². The van der Waals surface area contributed by atoms with Crippen molar-refractivity contribution >= 4 is 41.2 Å². The van der Waals surface area contributed by atoms with Crippen molar-refractivity contribution in [3.63, 3.8) is 0 Å². The Morgan fingerprint density at radius 3 is 2.27 bits per heavy atom. The Balaban J connectivity index is 0.000001000. The average Bonchev–Trinajstić information content (AvgIpc) is 1.88. The van der Waals surface area contributed by atoms with Crippen molar-refractivity contribution < 1.29 is 4.79 Å². The summed E-state index contributed by atoms with van der Waals surface area (Å²) in [5.74, 6) is -0.0359. The van der Waals surface area contributed by atoms with Crippen LogP contribution in [-0.2, 0) is 4.79 Å². The molecule has 3 heteroatoms. The molecule has 1 rings (SSSR count). The molecule has 54 valence electrons. The van der Waals surface area contributed by atoms with Crippen LogP contribution in [0.1, 0.15) is 6.92 Å². The van der Waals surface area contributed by atoms with Gasteiger partial charge in [0.25, 0.3) is 0 Å². The number of hydrogen-bond acceptors (Lipinski definition) is 1. The number of nitrogens with one attached hydrogen (secondary N) is 1. The fourth-order valence-corrected chi connectivity index (χ4v) is 0.725. The van der Waals surface area contributed by atoms with Gasteiger partial charge in [0, 0.05) is 12.6 Å². The van der Waals surface area contributed by atoms with Gasteiger partial charge in [-0.15, -0.1) is 0 Å². The van der Waals surface area contributed by atoms with Crippen LogP contribution >= 0.6 is 0 Å². The predicted molar refractivity (Wildman–Crippen MR) is 47.9 cm³/mol. The third kappa shape index (κ3) is 4.19. The normalized spacial score (nSPS) is 8.09. The van der Waals surface area contributed by atoms with Crippen molar-refractivity contribution in [3.05, 3.63) is 30.3 Å². The van der Waals surface area contributed by atoms with Crippen molar-refractivity contribution in [2.24, 2.45) is 0 Å². The van der Waals surface area contributed by atoms with E-state index in [1.54, 1.807) is 0 Å². The van der Waals surface area contributed by atoms with Crippen molar-refractivity contribution in [1.29, 1.82) is 0 Å². The Morgan fingerprint density at radius 1 is 1.27 bits per heavy atom. The number of anilines is 1. The summed E-state index contributed by atoms with van der Waals surface area (Å²) < 4.78 is 0. The maximum absolute atomic E-state index is 10.5. The number of carbonyl (C=O) groups excluding carboxylic acids is 1. The summed E-state index contributed by atoms with van der Waals surface area (Å²) in [6.07, 6.45) is 0. The number of amides is 1. The quantitative estimate of drug-likeness (QED) is 0.608. The van der Waals surface area contributed by atoms with Gasteiger partial charge in [0.2, 0.25) is 5.91 Å². The molecular formula is C8H10NNaO. The molecular weight excluding hydrogens is 149 g/mol. The zero-order chi connectivity index (χ0) is 7.40. The van der Waals surface area contributed by atoms with E-state index >= 15 is 0 Å². The first-order valence-corrected chi connectivity index (χ1v) is 3.11. The molecule has 0 fully saturated rings. The van der Waals surface area contributed by atoms with E-state index in [0.717, 1.165) is 5.69 Å². The number of rotatable bonds is 1. The summed E-state index contributed by atoms with van der Waals surface area (Å²) in [6, 6.07) is 9.37. The van der Waals surface area contributed by atoms with E-state index < -0.39 is 0 Å². The summed E-state index contributed by atoms with van der Waals surface area (Å²) in [5, 5.41) is 2.67. The number of benzene rings is 1. The molecule has 0 spiro atoms. The van der Waals surface area contributed by atoms with Gasteiger partial charge in [-0.1, -0.05) is 18.2 Å². The number of para-hydroxylation sites is 1. The molecule has 1 N–H and O–H groups in total. The maximum atomic E-state index is 10.5. The summed E-state index contributed by atoms with van der Waals surface area (Å²) in [7, 11) is 0. The third-order valence-corrected chi connectivity index (χ3v) is 1.09. The third-order valence-electron chi connectivity index (χ3n) is 1.09. The second-order valence-corrected chi connectivity index (χ2v) is 2.05. The minimum atomic E-state index is -0.0359. The van der Waals surface area contributed by atoms with Crippen molar-refractivity contribution in [1.82, 2.24) is 0 Å². The van der Waals surface area contributed by atoms with E-state index in [4.69, 9.17) is 0 Å². The molecule has 1 amide bonds. The molecule has 0 bridgehead atoms. The SMILES string of the molecule is CC(=O)Nc1ccccc1.[NaH]. The van der Waals surface area contributed by atoms with Gasteiger partial charge >= 0.3 is 29.6 Å². The molecule has 0 aliphatic heterocycles. The van der Waals surface area contributed by atoms with Crippen LogP contribution in [0, 0.1) is 0 Å². The summed E-state index contributed by atoms with van der Waals surface area (Å²) >= 11 is 0. The van der Waals surface area contributed by atoms with Gasteiger partial charge in [0.15, 0.2) is 0 Å². The monoisotopic (exact) mass is 159 g/mol. The first-order chi connectivity index (χ1) is 4.79. The Kier molecular flexibility index (Phi) is 5.20. The Morgan fingerprint density at radius 2 is 1.82 bits per heavy atom. The van der Waals surface area contributed by atoms with Crippen molar-refractivity contribution in [2.45, 2.75) is 6.92 Å². The van der Waals surface area contributed by atoms with Gasteiger partial charge < -0.3 is 5.32 Å². The summed E-state index contributed by atoms with van der Waals surface area (Å²) in [5.41, 5.74) is 0.843. The molecule has 0 aromatic heterocycles. The molecule has 0 heterocycles. The Labute approximate surface area is 88.3 Å². The molecule has 0 saturated carbocycles. The van der Waals surface area contributed by atoms with Crippen LogP contribution in [0.15, 0.2) is 30.3 Å². The van der Waals surface area contributed by atoms with Gasteiger partial charge in [0.1, 0.15) is 0 Å². The van der Waals surface area contributed by atoms with Gasteiger partial charge in [-0.05, 0) is 12.1 Å². The zero-order valence-electron chi connectivity index (χ0n) is 5.79. The van der Waals surface area contributed by atoms with E-state index in [1.807, 2.05) is 30.3 Å². The molecule has 0 aliphatic rings. The van der Waals surface area contributed by atoms with Crippen LogP contribution in [0.4, 0.5) is 5.69 Å². The Hall–Kier alpha value is -0.310. The second-order valence-electron chi connectivity index (χ2n) is 2.05. The zero-order valence-corrected chi connectivity index (χ0v) is 5.79. The first-order valence-electron chi connectivity index (χ1n) is 3.11. The van der Waals surface area contributed by atoms with Crippen LogP contribution in [0.2, 0.25) is 0 Å². The molecule has 1 aromatic rings. The van der Waals surface area contributed by atoms with Crippen LogP contribution in [0.3, 0.4) is 0 Å².